The first-order valence-corrected chi connectivity index (χ1v) is 6.15. The summed E-state index contributed by atoms with van der Waals surface area (Å²) < 4.78 is 5.67. The molecule has 0 atom stereocenters. The lowest BCUT2D eigenvalue weighted by Crippen LogP contribution is -1.98. The van der Waals surface area contributed by atoms with Gasteiger partial charge in [0.25, 0.3) is 0 Å². The Morgan fingerprint density at radius 1 is 1.11 bits per heavy atom. The van der Waals surface area contributed by atoms with E-state index in [-0.39, 0.29) is 0 Å². The first-order valence-electron chi connectivity index (χ1n) is 6.15. The van der Waals surface area contributed by atoms with Gasteiger partial charge in [-0.05, 0) is 30.2 Å². The summed E-state index contributed by atoms with van der Waals surface area (Å²) in [5, 5.41) is 9.03. The number of nitriles is 1. The van der Waals surface area contributed by atoms with E-state index >= 15 is 0 Å². The van der Waals surface area contributed by atoms with Crippen LogP contribution in [0.2, 0.25) is 0 Å². The lowest BCUT2D eigenvalue weighted by molar-refractivity contribution is 0.360. The van der Waals surface area contributed by atoms with Crippen LogP contribution in [0.5, 0.6) is 5.75 Å². The van der Waals surface area contributed by atoms with Gasteiger partial charge in [0.05, 0.1) is 5.56 Å². The first-order chi connectivity index (χ1) is 9.31. The standard InChI is InChI=1S/C17H15NO/c1-14-7-5-11-16(13-18)17(14)19-12-6-10-15-8-3-2-4-9-15/h2-11H,12H2,1H3/b10-6+. The zero-order valence-electron chi connectivity index (χ0n) is 10.8. The Hall–Kier alpha value is -2.53. The normalized spacial score (nSPS) is 10.3. The van der Waals surface area contributed by atoms with E-state index in [0.29, 0.717) is 17.9 Å². The van der Waals surface area contributed by atoms with Crippen LogP contribution in [-0.2, 0) is 0 Å². The fraction of sp³-hybridized carbons (Fsp3) is 0.118. The summed E-state index contributed by atoms with van der Waals surface area (Å²) in [5.41, 5.74) is 2.69. The second-order valence-electron chi connectivity index (χ2n) is 4.19. The number of para-hydroxylation sites is 1. The fourth-order valence-corrected chi connectivity index (χ4v) is 1.81. The molecule has 0 heterocycles. The number of ether oxygens (including phenoxy) is 1. The molecule has 94 valence electrons. The molecule has 0 aliphatic carbocycles. The molecule has 0 fully saturated rings. The Morgan fingerprint density at radius 2 is 1.89 bits per heavy atom. The molecular weight excluding hydrogens is 234 g/mol. The van der Waals surface area contributed by atoms with Crippen molar-refractivity contribution in [3.63, 3.8) is 0 Å². The van der Waals surface area contributed by atoms with E-state index in [9.17, 15) is 0 Å². The van der Waals surface area contributed by atoms with Gasteiger partial charge in [-0.2, -0.15) is 5.26 Å². The van der Waals surface area contributed by atoms with Gasteiger partial charge in [0.1, 0.15) is 18.4 Å². The SMILES string of the molecule is Cc1cccc(C#N)c1OC/C=C/c1ccccc1. The summed E-state index contributed by atoms with van der Waals surface area (Å²) in [4.78, 5) is 0. The zero-order chi connectivity index (χ0) is 13.5. The summed E-state index contributed by atoms with van der Waals surface area (Å²) in [6.07, 6.45) is 3.95. The third-order valence-electron chi connectivity index (χ3n) is 2.77. The molecule has 2 rings (SSSR count). The molecule has 19 heavy (non-hydrogen) atoms. The van der Waals surface area contributed by atoms with Gasteiger partial charge in [0.15, 0.2) is 0 Å². The van der Waals surface area contributed by atoms with E-state index in [1.807, 2.05) is 61.5 Å². The Balaban J connectivity index is 2.01. The second-order valence-corrected chi connectivity index (χ2v) is 4.19. The molecule has 2 heteroatoms. The lowest BCUT2D eigenvalue weighted by atomic mass is 10.1. The zero-order valence-corrected chi connectivity index (χ0v) is 10.8. The summed E-state index contributed by atoms with van der Waals surface area (Å²) in [7, 11) is 0. The van der Waals surface area contributed by atoms with Crippen LogP contribution in [0.15, 0.2) is 54.6 Å². The van der Waals surface area contributed by atoms with E-state index in [4.69, 9.17) is 10.00 Å². The summed E-state index contributed by atoms with van der Waals surface area (Å²) >= 11 is 0. The van der Waals surface area contributed by atoms with Crippen LogP contribution >= 0.6 is 0 Å². The molecule has 0 bridgehead atoms. The molecule has 0 spiro atoms. The molecule has 2 aromatic carbocycles. The van der Waals surface area contributed by atoms with Crippen LogP contribution in [0.3, 0.4) is 0 Å². The van der Waals surface area contributed by atoms with Crippen LogP contribution in [-0.4, -0.2) is 6.61 Å². The largest absolute Gasteiger partial charge is 0.488 e. The molecule has 0 unspecified atom stereocenters. The van der Waals surface area contributed by atoms with Gasteiger partial charge >= 0.3 is 0 Å². The average Bonchev–Trinajstić information content (AvgIpc) is 2.46. The molecule has 0 aliphatic heterocycles. The minimum absolute atomic E-state index is 0.453. The first kappa shape index (κ1) is 12.9. The van der Waals surface area contributed by atoms with Crippen molar-refractivity contribution in [2.75, 3.05) is 6.61 Å². The van der Waals surface area contributed by atoms with Crippen LogP contribution in [0.25, 0.3) is 6.08 Å². The van der Waals surface area contributed by atoms with Crippen molar-refractivity contribution >= 4 is 6.08 Å². The number of hydrogen-bond acceptors (Lipinski definition) is 2. The molecule has 0 saturated carbocycles. The average molecular weight is 249 g/mol. The van der Waals surface area contributed by atoms with Gasteiger partial charge in [-0.3, -0.25) is 0 Å². The van der Waals surface area contributed by atoms with Crippen molar-refractivity contribution in [3.8, 4) is 11.8 Å². The Morgan fingerprint density at radius 3 is 2.63 bits per heavy atom. The predicted molar refractivity (Wildman–Crippen MR) is 76.9 cm³/mol. The summed E-state index contributed by atoms with van der Waals surface area (Å²) in [6.45, 7) is 2.39. The Bertz CT molecular complexity index is 609. The molecule has 0 radical (unpaired) electrons. The van der Waals surface area contributed by atoms with Gasteiger partial charge in [-0.25, -0.2) is 0 Å². The van der Waals surface area contributed by atoms with Crippen LogP contribution in [0, 0.1) is 18.3 Å². The molecule has 0 N–H and O–H groups in total. The second kappa shape index (κ2) is 6.42. The topological polar surface area (TPSA) is 33.0 Å². The summed E-state index contributed by atoms with van der Waals surface area (Å²) in [6, 6.07) is 17.8. The molecule has 2 nitrogen and oxygen atoms in total. The van der Waals surface area contributed by atoms with E-state index in [0.717, 1.165) is 11.1 Å². The molecule has 0 aliphatic rings. The van der Waals surface area contributed by atoms with E-state index in [2.05, 4.69) is 6.07 Å². The smallest absolute Gasteiger partial charge is 0.140 e. The molecular formula is C17H15NO. The monoisotopic (exact) mass is 249 g/mol. The van der Waals surface area contributed by atoms with Gasteiger partial charge in [0.2, 0.25) is 0 Å². The number of rotatable bonds is 4. The molecule has 0 amide bonds. The minimum atomic E-state index is 0.453. The Kier molecular flexibility index (Phi) is 4.36. The quantitative estimate of drug-likeness (QED) is 0.821. The maximum atomic E-state index is 9.03. The lowest BCUT2D eigenvalue weighted by Gasteiger charge is -2.08. The highest BCUT2D eigenvalue weighted by atomic mass is 16.5. The predicted octanol–water partition coefficient (Wildman–Crippen LogP) is 3.96. The number of benzene rings is 2. The summed E-state index contributed by atoms with van der Waals surface area (Å²) in [5.74, 6) is 0.669. The van der Waals surface area contributed by atoms with Crippen molar-refractivity contribution in [3.05, 3.63) is 71.3 Å². The maximum absolute atomic E-state index is 9.03. The number of aryl methyl sites for hydroxylation is 1. The number of hydrogen-bond donors (Lipinski definition) is 0. The highest BCUT2D eigenvalue weighted by molar-refractivity contribution is 5.50. The molecule has 0 aromatic heterocycles. The van der Waals surface area contributed by atoms with E-state index in [1.54, 1.807) is 6.07 Å². The van der Waals surface area contributed by atoms with Crippen molar-refractivity contribution < 1.29 is 4.74 Å². The van der Waals surface area contributed by atoms with Crippen molar-refractivity contribution in [1.29, 1.82) is 5.26 Å². The van der Waals surface area contributed by atoms with Gasteiger partial charge < -0.3 is 4.74 Å². The van der Waals surface area contributed by atoms with Crippen LogP contribution in [0.1, 0.15) is 16.7 Å². The fourth-order valence-electron chi connectivity index (χ4n) is 1.81. The molecule has 0 saturated heterocycles. The van der Waals surface area contributed by atoms with Gasteiger partial charge in [-0.15, -0.1) is 0 Å². The third-order valence-corrected chi connectivity index (χ3v) is 2.77. The van der Waals surface area contributed by atoms with Crippen LogP contribution in [0.4, 0.5) is 0 Å². The van der Waals surface area contributed by atoms with Crippen molar-refractivity contribution in [2.45, 2.75) is 6.92 Å². The van der Waals surface area contributed by atoms with Crippen molar-refractivity contribution in [1.82, 2.24) is 0 Å². The van der Waals surface area contributed by atoms with E-state index in [1.165, 1.54) is 0 Å². The minimum Gasteiger partial charge on any atom is -0.488 e. The van der Waals surface area contributed by atoms with Gasteiger partial charge in [-0.1, -0.05) is 48.5 Å². The van der Waals surface area contributed by atoms with Crippen molar-refractivity contribution in [2.24, 2.45) is 0 Å². The van der Waals surface area contributed by atoms with E-state index < -0.39 is 0 Å². The van der Waals surface area contributed by atoms with Gasteiger partial charge in [0, 0.05) is 0 Å². The number of nitrogens with zero attached hydrogens (tertiary/aromatic N) is 1. The molecule has 2 aromatic rings. The maximum Gasteiger partial charge on any atom is 0.140 e. The van der Waals surface area contributed by atoms with Crippen LogP contribution < -0.4 is 4.74 Å². The highest BCUT2D eigenvalue weighted by Gasteiger charge is 2.04. The third kappa shape index (κ3) is 3.46. The highest BCUT2D eigenvalue weighted by Crippen LogP contribution is 2.22. The Labute approximate surface area is 113 Å².